The van der Waals surface area contributed by atoms with Crippen molar-refractivity contribution < 1.29 is 9.52 Å². The third kappa shape index (κ3) is 2.05. The normalized spacial score (nSPS) is 10.5. The van der Waals surface area contributed by atoms with Crippen LogP contribution in [0, 0.1) is 0 Å². The van der Waals surface area contributed by atoms with Crippen molar-refractivity contribution >= 4 is 0 Å². The summed E-state index contributed by atoms with van der Waals surface area (Å²) in [4.78, 5) is 0. The highest BCUT2D eigenvalue weighted by molar-refractivity contribution is 5.52. The number of rotatable bonds is 3. The van der Waals surface area contributed by atoms with Crippen LogP contribution in [0.3, 0.4) is 0 Å². The molecule has 0 saturated heterocycles. The van der Waals surface area contributed by atoms with Gasteiger partial charge in [0.15, 0.2) is 6.61 Å². The Bertz CT molecular complexity index is 434. The Morgan fingerprint density at radius 3 is 2.47 bits per heavy atom. The predicted octanol–water partition coefficient (Wildman–Crippen LogP) is 2.23. The van der Waals surface area contributed by atoms with E-state index >= 15 is 0 Å². The van der Waals surface area contributed by atoms with E-state index < -0.39 is 6.61 Å². The van der Waals surface area contributed by atoms with Crippen LogP contribution in [0.4, 0.5) is 0 Å². The van der Waals surface area contributed by atoms with Crippen molar-refractivity contribution in [2.45, 2.75) is 20.0 Å². The van der Waals surface area contributed by atoms with Crippen molar-refractivity contribution in [2.75, 3.05) is 0 Å². The SMILES string of the molecule is CCc1ccc(-c2nnc(C[O])o2)cc1. The molecule has 2 aromatic rings. The van der Waals surface area contributed by atoms with Gasteiger partial charge in [-0.3, -0.25) is 0 Å². The maximum absolute atomic E-state index is 10.5. The van der Waals surface area contributed by atoms with E-state index in [0.717, 1.165) is 12.0 Å². The number of aryl methyl sites for hydroxylation is 1. The molecule has 0 unspecified atom stereocenters. The van der Waals surface area contributed by atoms with Crippen molar-refractivity contribution in [3.8, 4) is 11.5 Å². The quantitative estimate of drug-likeness (QED) is 0.768. The van der Waals surface area contributed by atoms with Crippen molar-refractivity contribution in [3.05, 3.63) is 35.7 Å². The number of benzene rings is 1. The number of hydrogen-bond donors (Lipinski definition) is 0. The van der Waals surface area contributed by atoms with E-state index in [4.69, 9.17) is 4.42 Å². The molecule has 0 fully saturated rings. The standard InChI is InChI=1S/C11H11N2O2/c1-2-8-3-5-9(6-4-8)11-13-12-10(7-14)15-11/h3-6H,2,7H2,1H3. The van der Waals surface area contributed by atoms with E-state index in [-0.39, 0.29) is 5.89 Å². The summed E-state index contributed by atoms with van der Waals surface area (Å²) >= 11 is 0. The topological polar surface area (TPSA) is 58.8 Å². The van der Waals surface area contributed by atoms with Crippen LogP contribution in [0.1, 0.15) is 18.4 Å². The molecule has 1 heterocycles. The summed E-state index contributed by atoms with van der Waals surface area (Å²) in [7, 11) is 0. The highest BCUT2D eigenvalue weighted by atomic mass is 16.4. The maximum atomic E-state index is 10.5. The molecule has 1 radical (unpaired) electrons. The van der Waals surface area contributed by atoms with Crippen molar-refractivity contribution in [3.63, 3.8) is 0 Å². The van der Waals surface area contributed by atoms with Crippen LogP contribution in [0.25, 0.3) is 11.5 Å². The molecule has 1 aromatic carbocycles. The Morgan fingerprint density at radius 1 is 1.20 bits per heavy atom. The largest absolute Gasteiger partial charge is 0.418 e. The molecule has 0 atom stereocenters. The minimum Gasteiger partial charge on any atom is -0.418 e. The van der Waals surface area contributed by atoms with Crippen LogP contribution < -0.4 is 0 Å². The molecule has 0 aliphatic rings. The summed E-state index contributed by atoms with van der Waals surface area (Å²) in [5, 5.41) is 17.9. The Hall–Kier alpha value is -1.68. The van der Waals surface area contributed by atoms with E-state index in [2.05, 4.69) is 17.1 Å². The fourth-order valence-electron chi connectivity index (χ4n) is 1.31. The molecule has 4 heteroatoms. The molecular formula is C11H11N2O2. The molecule has 1 aromatic heterocycles. The molecule has 15 heavy (non-hydrogen) atoms. The second-order valence-electron chi connectivity index (χ2n) is 3.20. The molecule has 0 aliphatic carbocycles. The first-order valence-corrected chi connectivity index (χ1v) is 4.83. The van der Waals surface area contributed by atoms with Gasteiger partial charge in [-0.05, 0) is 24.1 Å². The zero-order valence-corrected chi connectivity index (χ0v) is 8.43. The number of aromatic nitrogens is 2. The van der Waals surface area contributed by atoms with Crippen LogP contribution in [0.2, 0.25) is 0 Å². The lowest BCUT2D eigenvalue weighted by Gasteiger charge is -1.97. The van der Waals surface area contributed by atoms with Gasteiger partial charge in [-0.1, -0.05) is 19.1 Å². The lowest BCUT2D eigenvalue weighted by Crippen LogP contribution is -1.81. The van der Waals surface area contributed by atoms with Gasteiger partial charge in [0, 0.05) is 5.56 Å². The molecule has 4 nitrogen and oxygen atoms in total. The molecule has 77 valence electrons. The van der Waals surface area contributed by atoms with E-state index in [1.54, 1.807) is 0 Å². The Labute approximate surface area is 87.6 Å². The fourth-order valence-corrected chi connectivity index (χ4v) is 1.31. The third-order valence-corrected chi connectivity index (χ3v) is 2.20. The zero-order chi connectivity index (χ0) is 10.7. The van der Waals surface area contributed by atoms with Crippen LogP contribution in [0.5, 0.6) is 0 Å². The summed E-state index contributed by atoms with van der Waals surface area (Å²) in [6.07, 6.45) is 0.996. The third-order valence-electron chi connectivity index (χ3n) is 2.20. The van der Waals surface area contributed by atoms with Crippen molar-refractivity contribution in [1.82, 2.24) is 10.2 Å². The average molecular weight is 203 g/mol. The first-order valence-electron chi connectivity index (χ1n) is 4.83. The molecule has 0 bridgehead atoms. The van der Waals surface area contributed by atoms with Crippen molar-refractivity contribution in [1.29, 1.82) is 0 Å². The average Bonchev–Trinajstić information content (AvgIpc) is 2.78. The van der Waals surface area contributed by atoms with Crippen LogP contribution in [-0.2, 0) is 18.1 Å². The maximum Gasteiger partial charge on any atom is 0.247 e. The lowest BCUT2D eigenvalue weighted by atomic mass is 10.1. The highest BCUT2D eigenvalue weighted by Gasteiger charge is 2.07. The summed E-state index contributed by atoms with van der Waals surface area (Å²) in [5.74, 6) is 0.535. The molecule has 0 spiro atoms. The smallest absolute Gasteiger partial charge is 0.247 e. The number of hydrogen-bond acceptors (Lipinski definition) is 3. The van der Waals surface area contributed by atoms with Crippen LogP contribution >= 0.6 is 0 Å². The number of nitrogens with zero attached hydrogens (tertiary/aromatic N) is 2. The predicted molar refractivity (Wildman–Crippen MR) is 53.5 cm³/mol. The Balaban J connectivity index is 2.28. The first-order chi connectivity index (χ1) is 7.33. The van der Waals surface area contributed by atoms with Gasteiger partial charge in [0.1, 0.15) is 0 Å². The van der Waals surface area contributed by atoms with Gasteiger partial charge in [-0.2, -0.15) is 0 Å². The Kier molecular flexibility index (Phi) is 2.78. The van der Waals surface area contributed by atoms with Crippen LogP contribution in [0.15, 0.2) is 28.7 Å². The van der Waals surface area contributed by atoms with Gasteiger partial charge < -0.3 is 4.42 Å². The molecular weight excluding hydrogens is 192 g/mol. The minimum atomic E-state index is -0.472. The zero-order valence-electron chi connectivity index (χ0n) is 8.43. The van der Waals surface area contributed by atoms with E-state index in [9.17, 15) is 5.11 Å². The Morgan fingerprint density at radius 2 is 1.93 bits per heavy atom. The minimum absolute atomic E-state index is 0.129. The lowest BCUT2D eigenvalue weighted by molar-refractivity contribution is 0.151. The fraction of sp³-hybridized carbons (Fsp3) is 0.273. The van der Waals surface area contributed by atoms with Gasteiger partial charge in [0.2, 0.25) is 11.8 Å². The molecule has 0 aliphatic heterocycles. The summed E-state index contributed by atoms with van der Waals surface area (Å²) in [5.41, 5.74) is 2.10. The molecule has 0 amide bonds. The monoisotopic (exact) mass is 203 g/mol. The van der Waals surface area contributed by atoms with E-state index in [1.165, 1.54) is 5.56 Å². The van der Waals surface area contributed by atoms with E-state index in [1.807, 2.05) is 24.3 Å². The second kappa shape index (κ2) is 4.23. The van der Waals surface area contributed by atoms with E-state index in [0.29, 0.717) is 5.89 Å². The van der Waals surface area contributed by atoms with Gasteiger partial charge in [-0.15, -0.1) is 10.2 Å². The first kappa shape index (κ1) is 9.86. The second-order valence-corrected chi connectivity index (χ2v) is 3.20. The summed E-state index contributed by atoms with van der Waals surface area (Å²) in [6, 6.07) is 7.86. The van der Waals surface area contributed by atoms with Gasteiger partial charge in [0.25, 0.3) is 0 Å². The summed E-state index contributed by atoms with van der Waals surface area (Å²) < 4.78 is 5.16. The highest BCUT2D eigenvalue weighted by Crippen LogP contribution is 2.18. The van der Waals surface area contributed by atoms with Crippen LogP contribution in [-0.4, -0.2) is 10.2 Å². The van der Waals surface area contributed by atoms with Crippen molar-refractivity contribution in [2.24, 2.45) is 0 Å². The molecule has 0 N–H and O–H groups in total. The molecule has 2 rings (SSSR count). The molecule has 0 saturated carbocycles. The van der Waals surface area contributed by atoms with Gasteiger partial charge >= 0.3 is 0 Å². The summed E-state index contributed by atoms with van der Waals surface area (Å²) in [6.45, 7) is 1.62. The van der Waals surface area contributed by atoms with Gasteiger partial charge in [-0.25, -0.2) is 5.11 Å². The van der Waals surface area contributed by atoms with Gasteiger partial charge in [0.05, 0.1) is 0 Å².